The molecule has 21 heavy (non-hydrogen) atoms. The first-order valence-corrected chi connectivity index (χ1v) is 7.26. The van der Waals surface area contributed by atoms with Gasteiger partial charge in [-0.05, 0) is 44.9 Å². The Hall–Kier alpha value is -2.04. The predicted molar refractivity (Wildman–Crippen MR) is 78.7 cm³/mol. The van der Waals surface area contributed by atoms with Crippen LogP contribution in [-0.4, -0.2) is 41.1 Å². The fourth-order valence-electron chi connectivity index (χ4n) is 2.74. The molecule has 5 nitrogen and oxygen atoms in total. The largest absolute Gasteiger partial charge is 0.506 e. The van der Waals surface area contributed by atoms with Crippen LogP contribution in [0.3, 0.4) is 0 Å². The monoisotopic (exact) mass is 291 g/mol. The Kier molecular flexibility index (Phi) is 4.21. The summed E-state index contributed by atoms with van der Waals surface area (Å²) in [5.74, 6) is -1.09. The van der Waals surface area contributed by atoms with Gasteiger partial charge in [-0.15, -0.1) is 0 Å². The number of ether oxygens (including phenoxy) is 1. The van der Waals surface area contributed by atoms with Crippen molar-refractivity contribution in [1.29, 1.82) is 0 Å². The summed E-state index contributed by atoms with van der Waals surface area (Å²) in [6.45, 7) is 8.51. The molecule has 0 bridgehead atoms. The lowest BCUT2D eigenvalue weighted by atomic mass is 9.91. The number of carbonyl (C=O) groups excluding carboxylic acids is 2. The van der Waals surface area contributed by atoms with Crippen molar-refractivity contribution in [1.82, 2.24) is 4.90 Å². The lowest BCUT2D eigenvalue weighted by molar-refractivity contribution is 0.0296. The lowest BCUT2D eigenvalue weighted by Crippen LogP contribution is -2.32. The molecule has 5 heteroatoms. The van der Waals surface area contributed by atoms with Gasteiger partial charge in [0.15, 0.2) is 0 Å². The summed E-state index contributed by atoms with van der Waals surface area (Å²) in [7, 11) is 0. The van der Waals surface area contributed by atoms with Crippen LogP contribution >= 0.6 is 0 Å². The van der Waals surface area contributed by atoms with Gasteiger partial charge in [-0.25, -0.2) is 4.79 Å². The second kappa shape index (κ2) is 5.76. The number of benzene rings is 1. The number of phenolic OH excluding ortho intramolecular Hbond substituents is 1. The van der Waals surface area contributed by atoms with Gasteiger partial charge in [-0.1, -0.05) is 0 Å². The van der Waals surface area contributed by atoms with Crippen molar-refractivity contribution in [2.45, 2.75) is 40.2 Å². The van der Waals surface area contributed by atoms with Crippen molar-refractivity contribution in [3.8, 4) is 5.75 Å². The normalized spacial score (nSPS) is 17.1. The average Bonchev–Trinajstić information content (AvgIpc) is 2.43. The van der Waals surface area contributed by atoms with Gasteiger partial charge in [0, 0.05) is 19.5 Å². The molecule has 0 unspecified atom stereocenters. The van der Waals surface area contributed by atoms with Crippen LogP contribution in [-0.2, 0) is 11.2 Å². The minimum Gasteiger partial charge on any atom is -0.506 e. The number of carbonyl (C=O) groups is 2. The molecule has 1 aliphatic heterocycles. The molecule has 0 aromatic heterocycles. The highest BCUT2D eigenvalue weighted by atomic mass is 16.5. The van der Waals surface area contributed by atoms with E-state index in [0.29, 0.717) is 19.5 Å². The molecule has 1 heterocycles. The third-order valence-electron chi connectivity index (χ3n) is 3.92. The average molecular weight is 291 g/mol. The summed E-state index contributed by atoms with van der Waals surface area (Å²) in [5.41, 5.74) is 1.92. The fraction of sp³-hybridized carbons (Fsp3) is 0.500. The standard InChI is InChI=1S/C16H21NO4/c1-5-17(6-2)15(19)12-7-9(3)11-8-10(4)21-16(20)13(11)14(12)18/h7,10,18H,5-6,8H2,1-4H3/t10-/m1/s1. The molecular weight excluding hydrogens is 270 g/mol. The minimum absolute atomic E-state index is 0.142. The summed E-state index contributed by atoms with van der Waals surface area (Å²) in [4.78, 5) is 26.1. The Morgan fingerprint density at radius 2 is 2.05 bits per heavy atom. The third kappa shape index (κ3) is 2.60. The van der Waals surface area contributed by atoms with Gasteiger partial charge in [-0.3, -0.25) is 4.79 Å². The van der Waals surface area contributed by atoms with Crippen molar-refractivity contribution >= 4 is 11.9 Å². The summed E-state index contributed by atoms with van der Waals surface area (Å²) in [6, 6.07) is 1.67. The molecule has 0 saturated carbocycles. The molecule has 1 amide bonds. The Balaban J connectivity index is 2.57. The van der Waals surface area contributed by atoms with Crippen molar-refractivity contribution < 1.29 is 19.4 Å². The number of amides is 1. The number of hydrogen-bond donors (Lipinski definition) is 1. The van der Waals surface area contributed by atoms with Crippen molar-refractivity contribution in [2.75, 3.05) is 13.1 Å². The maximum atomic E-state index is 12.5. The van der Waals surface area contributed by atoms with Gasteiger partial charge in [0.05, 0.1) is 5.56 Å². The summed E-state index contributed by atoms with van der Waals surface area (Å²) in [5, 5.41) is 10.4. The highest BCUT2D eigenvalue weighted by Gasteiger charge is 2.32. The van der Waals surface area contributed by atoms with E-state index in [2.05, 4.69) is 0 Å². The van der Waals surface area contributed by atoms with Gasteiger partial charge < -0.3 is 14.7 Å². The minimum atomic E-state index is -0.557. The van der Waals surface area contributed by atoms with Crippen LogP contribution in [0.4, 0.5) is 0 Å². The quantitative estimate of drug-likeness (QED) is 0.868. The van der Waals surface area contributed by atoms with E-state index in [4.69, 9.17) is 4.74 Å². The number of rotatable bonds is 3. The number of aromatic hydroxyl groups is 1. The molecule has 1 aromatic rings. The van der Waals surface area contributed by atoms with E-state index in [0.717, 1.165) is 11.1 Å². The molecule has 114 valence electrons. The summed E-state index contributed by atoms with van der Waals surface area (Å²) < 4.78 is 5.17. The topological polar surface area (TPSA) is 66.8 Å². The molecular formula is C16H21NO4. The molecule has 0 spiro atoms. The summed E-state index contributed by atoms with van der Waals surface area (Å²) >= 11 is 0. The molecule has 1 N–H and O–H groups in total. The van der Waals surface area contributed by atoms with Gasteiger partial charge in [0.1, 0.15) is 17.4 Å². The number of aryl methyl sites for hydroxylation is 1. The first-order valence-electron chi connectivity index (χ1n) is 7.26. The van der Waals surface area contributed by atoms with E-state index in [1.165, 1.54) is 0 Å². The van der Waals surface area contributed by atoms with E-state index < -0.39 is 5.97 Å². The van der Waals surface area contributed by atoms with Crippen LogP contribution in [0.5, 0.6) is 5.75 Å². The number of hydrogen-bond acceptors (Lipinski definition) is 4. The summed E-state index contributed by atoms with van der Waals surface area (Å²) in [6.07, 6.45) is 0.340. The highest BCUT2D eigenvalue weighted by Crippen LogP contribution is 2.34. The van der Waals surface area contributed by atoms with Gasteiger partial charge >= 0.3 is 5.97 Å². The number of fused-ring (bicyclic) bond motifs is 1. The Bertz CT molecular complexity index is 590. The highest BCUT2D eigenvalue weighted by molar-refractivity contribution is 6.04. The second-order valence-corrected chi connectivity index (χ2v) is 5.34. The molecule has 1 aromatic carbocycles. The fourth-order valence-corrected chi connectivity index (χ4v) is 2.74. The van der Waals surface area contributed by atoms with Crippen LogP contribution < -0.4 is 0 Å². The van der Waals surface area contributed by atoms with Crippen LogP contribution in [0.2, 0.25) is 0 Å². The van der Waals surface area contributed by atoms with Crippen LogP contribution in [0, 0.1) is 6.92 Å². The number of phenols is 1. The smallest absolute Gasteiger partial charge is 0.342 e. The maximum absolute atomic E-state index is 12.5. The Morgan fingerprint density at radius 1 is 1.43 bits per heavy atom. The lowest BCUT2D eigenvalue weighted by Gasteiger charge is -2.26. The van der Waals surface area contributed by atoms with Crippen LogP contribution in [0.1, 0.15) is 52.6 Å². The zero-order valence-electron chi connectivity index (χ0n) is 12.9. The zero-order valence-corrected chi connectivity index (χ0v) is 12.9. The number of esters is 1. The molecule has 0 fully saturated rings. The van der Waals surface area contributed by atoms with Crippen molar-refractivity contribution in [2.24, 2.45) is 0 Å². The SMILES string of the molecule is CCN(CC)C(=O)c1cc(C)c2c(c1O)C(=O)O[C@H](C)C2. The molecule has 0 aliphatic carbocycles. The first-order chi connectivity index (χ1) is 9.90. The van der Waals surface area contributed by atoms with E-state index >= 15 is 0 Å². The van der Waals surface area contributed by atoms with Crippen LogP contribution in [0.15, 0.2) is 6.07 Å². The Morgan fingerprint density at radius 3 is 2.62 bits per heavy atom. The zero-order chi connectivity index (χ0) is 15.7. The van der Waals surface area contributed by atoms with E-state index in [1.807, 2.05) is 27.7 Å². The Labute approximate surface area is 124 Å². The van der Waals surface area contributed by atoms with Crippen molar-refractivity contribution in [3.63, 3.8) is 0 Å². The molecule has 0 saturated heterocycles. The van der Waals surface area contributed by atoms with E-state index in [9.17, 15) is 14.7 Å². The third-order valence-corrected chi connectivity index (χ3v) is 3.92. The molecule has 1 atom stereocenters. The van der Waals surface area contributed by atoms with E-state index in [1.54, 1.807) is 11.0 Å². The van der Waals surface area contributed by atoms with Gasteiger partial charge in [-0.2, -0.15) is 0 Å². The van der Waals surface area contributed by atoms with E-state index in [-0.39, 0.29) is 28.9 Å². The maximum Gasteiger partial charge on any atom is 0.342 e. The molecule has 1 aliphatic rings. The first kappa shape index (κ1) is 15.4. The molecule has 0 radical (unpaired) electrons. The van der Waals surface area contributed by atoms with Gasteiger partial charge in [0.25, 0.3) is 5.91 Å². The van der Waals surface area contributed by atoms with Crippen molar-refractivity contribution in [3.05, 3.63) is 28.3 Å². The number of cyclic esters (lactones) is 1. The van der Waals surface area contributed by atoms with Crippen LogP contribution in [0.25, 0.3) is 0 Å². The molecule has 2 rings (SSSR count). The number of nitrogens with zero attached hydrogens (tertiary/aromatic N) is 1. The second-order valence-electron chi connectivity index (χ2n) is 5.34. The van der Waals surface area contributed by atoms with Gasteiger partial charge in [0.2, 0.25) is 0 Å². The predicted octanol–water partition coefficient (Wildman–Crippen LogP) is 2.28.